The van der Waals surface area contributed by atoms with Crippen LogP contribution in [0.15, 0.2) is 0 Å². The van der Waals surface area contributed by atoms with Crippen molar-refractivity contribution in [3.63, 3.8) is 0 Å². The number of nitrogens with zero attached hydrogens (tertiary/aromatic N) is 2. The molecule has 0 atom stereocenters. The zero-order valence-electron chi connectivity index (χ0n) is 7.62. The second kappa shape index (κ2) is 4.74. The molecule has 0 unspecified atom stereocenters. The van der Waals surface area contributed by atoms with Gasteiger partial charge in [0.25, 0.3) is 0 Å². The zero-order valence-corrected chi connectivity index (χ0v) is 8.44. The normalized spacial score (nSPS) is 21.1. The molecule has 0 aliphatic carbocycles. The number of piperazine rings is 1. The topological polar surface area (TPSA) is 32.5 Å². The fourth-order valence-corrected chi connectivity index (χ4v) is 1.67. The van der Waals surface area contributed by atoms with Gasteiger partial charge >= 0.3 is 0 Å². The van der Waals surface area contributed by atoms with Gasteiger partial charge in [-0.05, 0) is 6.54 Å². The van der Waals surface area contributed by atoms with Crippen LogP contribution in [0.25, 0.3) is 0 Å². The molecule has 70 valence electrons. The highest BCUT2D eigenvalue weighted by atomic mass is 32.1. The maximum atomic E-state index is 5.47. The van der Waals surface area contributed by atoms with Crippen molar-refractivity contribution in [2.45, 2.75) is 6.92 Å². The van der Waals surface area contributed by atoms with Crippen molar-refractivity contribution < 1.29 is 0 Å². The van der Waals surface area contributed by atoms with Gasteiger partial charge in [-0.25, -0.2) is 0 Å². The lowest BCUT2D eigenvalue weighted by molar-refractivity contribution is 0.151. The summed E-state index contributed by atoms with van der Waals surface area (Å²) in [4.78, 5) is 5.37. The molecule has 1 aliphatic rings. The van der Waals surface area contributed by atoms with Gasteiger partial charge in [-0.1, -0.05) is 19.1 Å². The highest BCUT2D eigenvalue weighted by molar-refractivity contribution is 7.80. The fraction of sp³-hybridized carbons (Fsp3) is 0.875. The first kappa shape index (κ1) is 9.89. The van der Waals surface area contributed by atoms with E-state index < -0.39 is 0 Å². The van der Waals surface area contributed by atoms with Crippen LogP contribution in [0.2, 0.25) is 0 Å². The summed E-state index contributed by atoms with van der Waals surface area (Å²) in [5.41, 5.74) is 5.47. The molecule has 0 spiro atoms. The van der Waals surface area contributed by atoms with Gasteiger partial charge in [-0.3, -0.25) is 4.90 Å². The number of hydrogen-bond acceptors (Lipinski definition) is 3. The Morgan fingerprint density at radius 1 is 1.25 bits per heavy atom. The Hall–Kier alpha value is -0.190. The molecule has 1 fully saturated rings. The Kier molecular flexibility index (Phi) is 3.91. The predicted octanol–water partition coefficient (Wildman–Crippen LogP) is -0.0900. The first-order chi connectivity index (χ1) is 5.72. The Balaban J connectivity index is 2.21. The Morgan fingerprint density at radius 2 is 1.75 bits per heavy atom. The molecule has 3 nitrogen and oxygen atoms in total. The monoisotopic (exact) mass is 187 g/mol. The van der Waals surface area contributed by atoms with Gasteiger partial charge in [0, 0.05) is 32.7 Å². The summed E-state index contributed by atoms with van der Waals surface area (Å²) in [7, 11) is 0. The molecule has 0 aromatic carbocycles. The Bertz CT molecular complexity index is 152. The summed E-state index contributed by atoms with van der Waals surface area (Å²) in [5, 5.41) is 0. The molecule has 1 heterocycles. The summed E-state index contributed by atoms with van der Waals surface area (Å²) in [6.45, 7) is 8.64. The maximum Gasteiger partial charge on any atom is 0.0870 e. The van der Waals surface area contributed by atoms with E-state index in [9.17, 15) is 0 Å². The SMILES string of the molecule is CCN1CCN(CC(N)=S)CC1. The van der Waals surface area contributed by atoms with Crippen LogP contribution >= 0.6 is 12.2 Å². The first-order valence-electron chi connectivity index (χ1n) is 4.45. The van der Waals surface area contributed by atoms with E-state index in [1.165, 1.54) is 0 Å². The molecule has 0 amide bonds. The maximum absolute atomic E-state index is 5.47. The molecule has 1 aliphatic heterocycles. The van der Waals surface area contributed by atoms with E-state index in [-0.39, 0.29) is 0 Å². The van der Waals surface area contributed by atoms with Crippen LogP contribution < -0.4 is 5.73 Å². The van der Waals surface area contributed by atoms with Crippen LogP contribution in [0.3, 0.4) is 0 Å². The third-order valence-electron chi connectivity index (χ3n) is 2.29. The molecule has 0 saturated carbocycles. The van der Waals surface area contributed by atoms with Crippen molar-refractivity contribution in [3.05, 3.63) is 0 Å². The number of likely N-dealkylation sites (N-methyl/N-ethyl adjacent to an activating group) is 1. The molecule has 0 aromatic rings. The molecule has 1 saturated heterocycles. The average molecular weight is 187 g/mol. The van der Waals surface area contributed by atoms with E-state index in [0.29, 0.717) is 4.99 Å². The highest BCUT2D eigenvalue weighted by Crippen LogP contribution is 1.99. The van der Waals surface area contributed by atoms with Gasteiger partial charge in [0.15, 0.2) is 0 Å². The summed E-state index contributed by atoms with van der Waals surface area (Å²) < 4.78 is 0. The quantitative estimate of drug-likeness (QED) is 0.626. The van der Waals surface area contributed by atoms with E-state index in [0.717, 1.165) is 39.3 Å². The second-order valence-electron chi connectivity index (χ2n) is 3.18. The third-order valence-corrected chi connectivity index (χ3v) is 2.42. The van der Waals surface area contributed by atoms with Gasteiger partial charge < -0.3 is 10.6 Å². The van der Waals surface area contributed by atoms with Gasteiger partial charge in [0.1, 0.15) is 0 Å². The van der Waals surface area contributed by atoms with Gasteiger partial charge in [0.2, 0.25) is 0 Å². The average Bonchev–Trinajstić information content (AvgIpc) is 2.05. The Morgan fingerprint density at radius 3 is 2.17 bits per heavy atom. The van der Waals surface area contributed by atoms with E-state index in [2.05, 4.69) is 16.7 Å². The van der Waals surface area contributed by atoms with Crippen LogP contribution in [0.5, 0.6) is 0 Å². The van der Waals surface area contributed by atoms with Crippen LogP contribution in [-0.4, -0.2) is 54.1 Å². The second-order valence-corrected chi connectivity index (χ2v) is 3.70. The van der Waals surface area contributed by atoms with Gasteiger partial charge in [0.05, 0.1) is 4.99 Å². The lowest BCUT2D eigenvalue weighted by Gasteiger charge is -2.33. The minimum atomic E-state index is 0.611. The smallest absolute Gasteiger partial charge is 0.0870 e. The van der Waals surface area contributed by atoms with Crippen molar-refractivity contribution in [1.82, 2.24) is 9.80 Å². The summed E-state index contributed by atoms with van der Waals surface area (Å²) in [5.74, 6) is 0. The van der Waals surface area contributed by atoms with Crippen molar-refractivity contribution in [2.75, 3.05) is 39.3 Å². The van der Waals surface area contributed by atoms with Crippen molar-refractivity contribution in [3.8, 4) is 0 Å². The Labute approximate surface area is 79.5 Å². The number of nitrogens with two attached hydrogens (primary N) is 1. The highest BCUT2D eigenvalue weighted by Gasteiger charge is 2.14. The van der Waals surface area contributed by atoms with E-state index in [1.807, 2.05) is 0 Å². The third kappa shape index (κ3) is 3.05. The minimum Gasteiger partial charge on any atom is -0.392 e. The molecule has 0 radical (unpaired) electrons. The molecule has 1 rings (SSSR count). The van der Waals surface area contributed by atoms with Crippen molar-refractivity contribution in [2.24, 2.45) is 5.73 Å². The minimum absolute atomic E-state index is 0.611. The van der Waals surface area contributed by atoms with Crippen LogP contribution in [0, 0.1) is 0 Å². The number of rotatable bonds is 3. The summed E-state index contributed by atoms with van der Waals surface area (Å²) in [6, 6.07) is 0. The van der Waals surface area contributed by atoms with E-state index in [4.69, 9.17) is 18.0 Å². The van der Waals surface area contributed by atoms with E-state index >= 15 is 0 Å². The lowest BCUT2D eigenvalue weighted by atomic mass is 10.3. The van der Waals surface area contributed by atoms with Gasteiger partial charge in [-0.2, -0.15) is 0 Å². The van der Waals surface area contributed by atoms with E-state index in [1.54, 1.807) is 0 Å². The number of hydrogen-bond donors (Lipinski definition) is 1. The number of thiocarbonyl (C=S) groups is 1. The summed E-state index contributed by atoms with van der Waals surface area (Å²) in [6.07, 6.45) is 0. The molecule has 12 heavy (non-hydrogen) atoms. The van der Waals surface area contributed by atoms with Crippen LogP contribution in [0.1, 0.15) is 6.92 Å². The fourth-order valence-electron chi connectivity index (χ4n) is 1.48. The standard InChI is InChI=1S/C8H17N3S/c1-2-10-3-5-11(6-4-10)7-8(9)12/h2-7H2,1H3,(H2,9,12). The molecule has 0 aromatic heterocycles. The predicted molar refractivity (Wildman–Crippen MR) is 55.3 cm³/mol. The van der Waals surface area contributed by atoms with Crippen LogP contribution in [0.4, 0.5) is 0 Å². The molecule has 2 N–H and O–H groups in total. The van der Waals surface area contributed by atoms with Crippen LogP contribution in [-0.2, 0) is 0 Å². The lowest BCUT2D eigenvalue weighted by Crippen LogP contribution is -2.48. The summed E-state index contributed by atoms with van der Waals surface area (Å²) >= 11 is 4.86. The molecule has 4 heteroatoms. The molecule has 0 bridgehead atoms. The molecular formula is C8H17N3S. The van der Waals surface area contributed by atoms with Crippen molar-refractivity contribution in [1.29, 1.82) is 0 Å². The molecular weight excluding hydrogens is 170 g/mol. The van der Waals surface area contributed by atoms with Crippen molar-refractivity contribution >= 4 is 17.2 Å². The first-order valence-corrected chi connectivity index (χ1v) is 4.86. The largest absolute Gasteiger partial charge is 0.392 e. The van der Waals surface area contributed by atoms with Gasteiger partial charge in [-0.15, -0.1) is 0 Å². The zero-order chi connectivity index (χ0) is 8.97.